The van der Waals surface area contributed by atoms with Gasteiger partial charge in [-0.25, -0.2) is 0 Å². The molecular weight excluding hydrogens is 244 g/mol. The summed E-state index contributed by atoms with van der Waals surface area (Å²) in [5.74, 6) is 2.16. The quantitative estimate of drug-likeness (QED) is 0.785. The Labute approximate surface area is 102 Å². The highest BCUT2D eigenvalue weighted by atomic mass is 35.5. The minimum absolute atomic E-state index is 0.420. The van der Waals surface area contributed by atoms with Gasteiger partial charge in [0.1, 0.15) is 5.15 Å². The molecule has 1 aliphatic rings. The molecule has 16 heavy (non-hydrogen) atoms. The Morgan fingerprint density at radius 1 is 1.31 bits per heavy atom. The number of aromatic nitrogens is 4. The van der Waals surface area contributed by atoms with Crippen molar-refractivity contribution in [1.29, 1.82) is 0 Å². The molecule has 84 valence electrons. The highest BCUT2D eigenvalue weighted by Gasteiger charge is 2.22. The van der Waals surface area contributed by atoms with Crippen molar-refractivity contribution in [3.05, 3.63) is 23.4 Å². The third kappa shape index (κ3) is 1.68. The first-order chi connectivity index (χ1) is 7.86. The highest BCUT2D eigenvalue weighted by molar-refractivity contribution is 7.99. The van der Waals surface area contributed by atoms with E-state index in [1.54, 1.807) is 12.4 Å². The Balaban J connectivity index is 2.09. The standard InChI is InChI=1S/C10H11ClN4S/c11-8-5-12-6-9-13-14-10(15(8)9)7-3-1-2-4-16-7/h5-7H,1-4H2. The predicted molar refractivity (Wildman–Crippen MR) is 64.8 cm³/mol. The number of hydrogen-bond acceptors (Lipinski definition) is 4. The molecule has 0 saturated carbocycles. The van der Waals surface area contributed by atoms with E-state index in [2.05, 4.69) is 15.2 Å². The SMILES string of the molecule is Clc1cncc2nnc(C3CCCCS3)n12. The van der Waals surface area contributed by atoms with Gasteiger partial charge in [0, 0.05) is 0 Å². The Kier molecular flexibility index (Phi) is 2.73. The summed E-state index contributed by atoms with van der Waals surface area (Å²) >= 11 is 8.08. The van der Waals surface area contributed by atoms with E-state index in [1.807, 2.05) is 16.2 Å². The molecule has 1 atom stereocenters. The van der Waals surface area contributed by atoms with Crippen LogP contribution in [0.15, 0.2) is 12.4 Å². The molecule has 1 aliphatic heterocycles. The average Bonchev–Trinajstić information content (AvgIpc) is 2.75. The molecule has 0 bridgehead atoms. The molecule has 2 aromatic heterocycles. The number of hydrogen-bond donors (Lipinski definition) is 0. The summed E-state index contributed by atoms with van der Waals surface area (Å²) in [7, 11) is 0. The number of halogens is 1. The van der Waals surface area contributed by atoms with E-state index in [1.165, 1.54) is 18.6 Å². The second-order valence-corrected chi connectivity index (χ2v) is 5.53. The van der Waals surface area contributed by atoms with Gasteiger partial charge in [-0.15, -0.1) is 10.2 Å². The predicted octanol–water partition coefficient (Wildman–Crippen LogP) is 2.74. The molecule has 0 N–H and O–H groups in total. The van der Waals surface area contributed by atoms with Crippen molar-refractivity contribution in [3.63, 3.8) is 0 Å². The van der Waals surface area contributed by atoms with Crippen molar-refractivity contribution in [2.24, 2.45) is 0 Å². The molecule has 4 nitrogen and oxygen atoms in total. The molecular formula is C10H11ClN4S. The second-order valence-electron chi connectivity index (χ2n) is 3.84. The molecule has 1 saturated heterocycles. The van der Waals surface area contributed by atoms with E-state index in [0.29, 0.717) is 10.4 Å². The minimum Gasteiger partial charge on any atom is -0.265 e. The van der Waals surface area contributed by atoms with E-state index in [4.69, 9.17) is 11.6 Å². The van der Waals surface area contributed by atoms with Gasteiger partial charge >= 0.3 is 0 Å². The van der Waals surface area contributed by atoms with Crippen LogP contribution in [0.5, 0.6) is 0 Å². The first-order valence-corrected chi connectivity index (χ1v) is 6.75. The second kappa shape index (κ2) is 4.22. The maximum absolute atomic E-state index is 6.13. The summed E-state index contributed by atoms with van der Waals surface area (Å²) < 4.78 is 1.90. The molecule has 3 rings (SSSR count). The fraction of sp³-hybridized carbons (Fsp3) is 0.500. The van der Waals surface area contributed by atoms with Crippen molar-refractivity contribution in [2.75, 3.05) is 5.75 Å². The topological polar surface area (TPSA) is 43.1 Å². The van der Waals surface area contributed by atoms with Gasteiger partial charge in [0.25, 0.3) is 0 Å². The lowest BCUT2D eigenvalue weighted by molar-refractivity contribution is 0.657. The average molecular weight is 255 g/mol. The largest absolute Gasteiger partial charge is 0.265 e. The van der Waals surface area contributed by atoms with Crippen molar-refractivity contribution in [1.82, 2.24) is 19.6 Å². The van der Waals surface area contributed by atoms with Crippen molar-refractivity contribution >= 4 is 29.0 Å². The number of fused-ring (bicyclic) bond motifs is 1. The molecule has 1 fully saturated rings. The van der Waals surface area contributed by atoms with Crippen LogP contribution in [0, 0.1) is 0 Å². The van der Waals surface area contributed by atoms with Crippen LogP contribution in [-0.4, -0.2) is 25.3 Å². The van der Waals surface area contributed by atoms with Gasteiger partial charge in [-0.2, -0.15) is 11.8 Å². The van der Waals surface area contributed by atoms with Crippen LogP contribution >= 0.6 is 23.4 Å². The van der Waals surface area contributed by atoms with Crippen LogP contribution in [0.1, 0.15) is 30.3 Å². The Hall–Kier alpha value is -0.810. The number of rotatable bonds is 1. The lowest BCUT2D eigenvalue weighted by Crippen LogP contribution is -2.07. The van der Waals surface area contributed by atoms with E-state index in [9.17, 15) is 0 Å². The molecule has 1 unspecified atom stereocenters. The van der Waals surface area contributed by atoms with E-state index in [-0.39, 0.29) is 0 Å². The van der Waals surface area contributed by atoms with Crippen LogP contribution < -0.4 is 0 Å². The van der Waals surface area contributed by atoms with Crippen LogP contribution in [-0.2, 0) is 0 Å². The molecule has 2 aromatic rings. The molecule has 0 amide bonds. The summed E-state index contributed by atoms with van der Waals surface area (Å²) in [6.45, 7) is 0. The van der Waals surface area contributed by atoms with Crippen LogP contribution in [0.2, 0.25) is 5.15 Å². The number of thioether (sulfide) groups is 1. The van der Waals surface area contributed by atoms with E-state index < -0.39 is 0 Å². The van der Waals surface area contributed by atoms with Gasteiger partial charge in [-0.1, -0.05) is 18.0 Å². The molecule has 0 spiro atoms. The zero-order valence-corrected chi connectivity index (χ0v) is 10.2. The van der Waals surface area contributed by atoms with Crippen LogP contribution in [0.4, 0.5) is 0 Å². The fourth-order valence-electron chi connectivity index (χ4n) is 1.99. The summed E-state index contributed by atoms with van der Waals surface area (Å²) in [5, 5.41) is 9.36. The summed E-state index contributed by atoms with van der Waals surface area (Å²) in [6.07, 6.45) is 7.04. The molecule has 6 heteroatoms. The monoisotopic (exact) mass is 254 g/mol. The lowest BCUT2D eigenvalue weighted by atomic mass is 10.2. The summed E-state index contributed by atoms with van der Waals surface area (Å²) in [4.78, 5) is 4.01. The van der Waals surface area contributed by atoms with Gasteiger partial charge in [-0.3, -0.25) is 9.38 Å². The highest BCUT2D eigenvalue weighted by Crippen LogP contribution is 2.37. The van der Waals surface area contributed by atoms with Crippen molar-refractivity contribution in [3.8, 4) is 0 Å². The van der Waals surface area contributed by atoms with Crippen LogP contribution in [0.3, 0.4) is 0 Å². The fourth-order valence-corrected chi connectivity index (χ4v) is 3.51. The van der Waals surface area contributed by atoms with E-state index in [0.717, 1.165) is 17.9 Å². The third-order valence-corrected chi connectivity index (χ3v) is 4.41. The maximum Gasteiger partial charge on any atom is 0.180 e. The zero-order valence-electron chi connectivity index (χ0n) is 8.64. The van der Waals surface area contributed by atoms with E-state index >= 15 is 0 Å². The maximum atomic E-state index is 6.13. The van der Waals surface area contributed by atoms with Crippen molar-refractivity contribution in [2.45, 2.75) is 24.5 Å². The van der Waals surface area contributed by atoms with Gasteiger partial charge < -0.3 is 0 Å². The van der Waals surface area contributed by atoms with Crippen molar-refractivity contribution < 1.29 is 0 Å². The Bertz CT molecular complexity index is 506. The van der Waals surface area contributed by atoms with Gasteiger partial charge in [0.2, 0.25) is 0 Å². The Morgan fingerprint density at radius 3 is 3.06 bits per heavy atom. The normalized spacial score (nSPS) is 21.4. The molecule has 0 aliphatic carbocycles. The third-order valence-electron chi connectivity index (χ3n) is 2.77. The first-order valence-electron chi connectivity index (χ1n) is 5.32. The van der Waals surface area contributed by atoms with Gasteiger partial charge in [0.05, 0.1) is 17.6 Å². The molecule has 0 aromatic carbocycles. The summed E-state index contributed by atoms with van der Waals surface area (Å²) in [6, 6.07) is 0. The summed E-state index contributed by atoms with van der Waals surface area (Å²) in [5.41, 5.74) is 0.730. The lowest BCUT2D eigenvalue weighted by Gasteiger charge is -2.19. The van der Waals surface area contributed by atoms with Gasteiger partial charge in [-0.05, 0) is 18.6 Å². The first kappa shape index (κ1) is 10.4. The Morgan fingerprint density at radius 2 is 2.25 bits per heavy atom. The molecule has 0 radical (unpaired) electrons. The number of nitrogens with zero attached hydrogens (tertiary/aromatic N) is 4. The minimum atomic E-state index is 0.420. The molecule has 3 heterocycles. The van der Waals surface area contributed by atoms with Crippen LogP contribution in [0.25, 0.3) is 5.65 Å². The smallest absolute Gasteiger partial charge is 0.180 e. The van der Waals surface area contributed by atoms with Gasteiger partial charge in [0.15, 0.2) is 11.5 Å². The zero-order chi connectivity index (χ0) is 11.0.